The summed E-state index contributed by atoms with van der Waals surface area (Å²) in [5.74, 6) is -0.0940. The Balaban J connectivity index is 1.61. The van der Waals surface area contributed by atoms with Crippen molar-refractivity contribution in [1.29, 1.82) is 0 Å². The largest absolute Gasteiger partial charge is 0.347 e. The summed E-state index contributed by atoms with van der Waals surface area (Å²) in [7, 11) is 0. The van der Waals surface area contributed by atoms with Crippen LogP contribution in [-0.4, -0.2) is 30.5 Å². The molecule has 104 valence electrons. The Kier molecular flexibility index (Phi) is 4.25. The Morgan fingerprint density at radius 1 is 1.45 bits per heavy atom. The monoisotopic (exact) mass is 305 g/mol. The second-order valence-electron chi connectivity index (χ2n) is 4.51. The molecule has 20 heavy (non-hydrogen) atoms. The van der Waals surface area contributed by atoms with Crippen LogP contribution < -0.4 is 10.6 Å². The van der Waals surface area contributed by atoms with Crippen molar-refractivity contribution >= 4 is 28.6 Å². The standard InChI is InChI=1S/C14H15N3OS2/c18-13(16-8-10-3-5-15-6-4-10)11-9-20-14(17-11)12-2-1-7-19-12/h1-3,7,9,15H,4-6,8H2,(H,16,18). The van der Waals surface area contributed by atoms with Gasteiger partial charge >= 0.3 is 0 Å². The average Bonchev–Trinajstić information content (AvgIpc) is 3.16. The number of hydrogen-bond donors (Lipinski definition) is 2. The van der Waals surface area contributed by atoms with Gasteiger partial charge in [0.1, 0.15) is 10.7 Å². The first-order valence-corrected chi connectivity index (χ1v) is 8.25. The van der Waals surface area contributed by atoms with E-state index in [-0.39, 0.29) is 5.91 Å². The lowest BCUT2D eigenvalue weighted by Gasteiger charge is -2.14. The molecule has 0 spiro atoms. The molecule has 2 N–H and O–H groups in total. The fraction of sp³-hybridized carbons (Fsp3) is 0.286. The Morgan fingerprint density at radius 2 is 2.40 bits per heavy atom. The summed E-state index contributed by atoms with van der Waals surface area (Å²) in [6.07, 6.45) is 3.14. The maximum Gasteiger partial charge on any atom is 0.271 e. The molecule has 0 aliphatic carbocycles. The number of carbonyl (C=O) groups is 1. The quantitative estimate of drug-likeness (QED) is 0.854. The van der Waals surface area contributed by atoms with E-state index in [0.29, 0.717) is 12.2 Å². The van der Waals surface area contributed by atoms with Gasteiger partial charge < -0.3 is 10.6 Å². The van der Waals surface area contributed by atoms with E-state index in [4.69, 9.17) is 0 Å². The van der Waals surface area contributed by atoms with Crippen LogP contribution in [0.1, 0.15) is 16.9 Å². The predicted octanol–water partition coefficient (Wildman–Crippen LogP) is 2.52. The highest BCUT2D eigenvalue weighted by Gasteiger charge is 2.13. The van der Waals surface area contributed by atoms with Crippen molar-refractivity contribution in [2.75, 3.05) is 19.6 Å². The molecule has 0 radical (unpaired) electrons. The summed E-state index contributed by atoms with van der Waals surface area (Å²) < 4.78 is 0. The Labute approximate surface area is 125 Å². The zero-order valence-corrected chi connectivity index (χ0v) is 12.5. The van der Waals surface area contributed by atoms with E-state index >= 15 is 0 Å². The molecule has 0 saturated carbocycles. The van der Waals surface area contributed by atoms with Crippen molar-refractivity contribution in [2.45, 2.75) is 6.42 Å². The highest BCUT2D eigenvalue weighted by molar-refractivity contribution is 7.20. The van der Waals surface area contributed by atoms with Gasteiger partial charge in [-0.25, -0.2) is 4.98 Å². The minimum absolute atomic E-state index is 0.0940. The normalized spacial score (nSPS) is 14.9. The summed E-state index contributed by atoms with van der Waals surface area (Å²) in [6, 6.07) is 4.01. The molecule has 0 bridgehead atoms. The van der Waals surface area contributed by atoms with E-state index in [0.717, 1.165) is 29.4 Å². The minimum atomic E-state index is -0.0940. The number of nitrogens with zero attached hydrogens (tertiary/aromatic N) is 1. The first-order chi connectivity index (χ1) is 9.83. The number of hydrogen-bond acceptors (Lipinski definition) is 5. The Hall–Kier alpha value is -1.50. The molecule has 2 aromatic heterocycles. The molecule has 0 saturated heterocycles. The van der Waals surface area contributed by atoms with Gasteiger partial charge in [-0.3, -0.25) is 4.79 Å². The molecule has 1 amide bonds. The molecule has 3 heterocycles. The zero-order chi connectivity index (χ0) is 13.8. The number of aromatic nitrogens is 1. The molecular formula is C14H15N3OS2. The number of thiophene rings is 1. The Morgan fingerprint density at radius 3 is 3.15 bits per heavy atom. The average molecular weight is 305 g/mol. The third-order valence-corrected chi connectivity index (χ3v) is 4.98. The van der Waals surface area contributed by atoms with Gasteiger partial charge in [-0.2, -0.15) is 0 Å². The molecular weight excluding hydrogens is 290 g/mol. The van der Waals surface area contributed by atoms with E-state index in [9.17, 15) is 4.79 Å². The second-order valence-corrected chi connectivity index (χ2v) is 6.32. The number of nitrogens with one attached hydrogen (secondary N) is 2. The first-order valence-electron chi connectivity index (χ1n) is 6.49. The van der Waals surface area contributed by atoms with Crippen LogP contribution in [0.4, 0.5) is 0 Å². The topological polar surface area (TPSA) is 54.0 Å². The highest BCUT2D eigenvalue weighted by atomic mass is 32.1. The van der Waals surface area contributed by atoms with Gasteiger partial charge in [0, 0.05) is 18.5 Å². The lowest BCUT2D eigenvalue weighted by Crippen LogP contribution is -2.29. The van der Waals surface area contributed by atoms with Gasteiger partial charge in [0.2, 0.25) is 0 Å². The van der Waals surface area contributed by atoms with Crippen LogP contribution >= 0.6 is 22.7 Å². The molecule has 2 aromatic rings. The maximum atomic E-state index is 12.1. The van der Waals surface area contributed by atoms with Crippen molar-refractivity contribution in [3.63, 3.8) is 0 Å². The molecule has 4 nitrogen and oxygen atoms in total. The molecule has 6 heteroatoms. The minimum Gasteiger partial charge on any atom is -0.347 e. The lowest BCUT2D eigenvalue weighted by molar-refractivity contribution is 0.0952. The van der Waals surface area contributed by atoms with Crippen molar-refractivity contribution in [2.24, 2.45) is 0 Å². The van der Waals surface area contributed by atoms with Crippen LogP contribution in [0.15, 0.2) is 34.5 Å². The third kappa shape index (κ3) is 3.15. The van der Waals surface area contributed by atoms with Gasteiger partial charge in [0.15, 0.2) is 0 Å². The van der Waals surface area contributed by atoms with Crippen LogP contribution in [0, 0.1) is 0 Å². The molecule has 0 aromatic carbocycles. The summed E-state index contributed by atoms with van der Waals surface area (Å²) >= 11 is 3.15. The number of carbonyl (C=O) groups excluding carboxylic acids is 1. The van der Waals surface area contributed by atoms with Crippen LogP contribution in [0.2, 0.25) is 0 Å². The molecule has 1 aliphatic heterocycles. The fourth-order valence-corrected chi connectivity index (χ4v) is 3.62. The third-order valence-electron chi connectivity index (χ3n) is 3.10. The second kappa shape index (κ2) is 6.30. The van der Waals surface area contributed by atoms with E-state index in [1.54, 1.807) is 11.3 Å². The van der Waals surface area contributed by atoms with Gasteiger partial charge in [0.05, 0.1) is 4.88 Å². The smallest absolute Gasteiger partial charge is 0.271 e. The van der Waals surface area contributed by atoms with Crippen molar-refractivity contribution < 1.29 is 4.79 Å². The van der Waals surface area contributed by atoms with Gasteiger partial charge in [-0.05, 0) is 24.4 Å². The summed E-state index contributed by atoms with van der Waals surface area (Å²) in [5, 5.41) is 10.9. The van der Waals surface area contributed by atoms with Crippen LogP contribution in [0.25, 0.3) is 9.88 Å². The highest BCUT2D eigenvalue weighted by Crippen LogP contribution is 2.27. The maximum absolute atomic E-state index is 12.1. The van der Waals surface area contributed by atoms with E-state index in [2.05, 4.69) is 21.7 Å². The van der Waals surface area contributed by atoms with Gasteiger partial charge in [0.25, 0.3) is 5.91 Å². The van der Waals surface area contributed by atoms with E-state index in [1.165, 1.54) is 16.9 Å². The number of amides is 1. The van der Waals surface area contributed by atoms with Crippen molar-refractivity contribution in [3.8, 4) is 9.88 Å². The van der Waals surface area contributed by atoms with Crippen molar-refractivity contribution in [3.05, 3.63) is 40.2 Å². The van der Waals surface area contributed by atoms with Crippen molar-refractivity contribution in [1.82, 2.24) is 15.6 Å². The number of thiazole rings is 1. The zero-order valence-electron chi connectivity index (χ0n) is 10.9. The van der Waals surface area contributed by atoms with Gasteiger partial charge in [-0.1, -0.05) is 17.7 Å². The molecule has 0 fully saturated rings. The molecule has 0 atom stereocenters. The molecule has 3 rings (SSSR count). The van der Waals surface area contributed by atoms with E-state index < -0.39 is 0 Å². The van der Waals surface area contributed by atoms with Crippen LogP contribution in [0.5, 0.6) is 0 Å². The summed E-state index contributed by atoms with van der Waals surface area (Å²) in [4.78, 5) is 17.6. The summed E-state index contributed by atoms with van der Waals surface area (Å²) in [6.45, 7) is 2.50. The van der Waals surface area contributed by atoms with Crippen LogP contribution in [0.3, 0.4) is 0 Å². The number of rotatable bonds is 4. The van der Waals surface area contributed by atoms with E-state index in [1.807, 2.05) is 22.9 Å². The lowest BCUT2D eigenvalue weighted by atomic mass is 10.1. The first kappa shape index (κ1) is 13.5. The SMILES string of the molecule is O=C(NCC1=CCNCC1)c1csc(-c2cccs2)n1. The van der Waals surface area contributed by atoms with Gasteiger partial charge in [-0.15, -0.1) is 22.7 Å². The fourth-order valence-electron chi connectivity index (χ4n) is 2.01. The van der Waals surface area contributed by atoms with Crippen LogP contribution in [-0.2, 0) is 0 Å². The summed E-state index contributed by atoms with van der Waals surface area (Å²) in [5.41, 5.74) is 1.79. The predicted molar refractivity (Wildman–Crippen MR) is 83.3 cm³/mol. The molecule has 1 aliphatic rings. The Bertz CT molecular complexity index is 616. The molecule has 0 unspecified atom stereocenters.